The van der Waals surface area contributed by atoms with Crippen LogP contribution in [0.5, 0.6) is 0 Å². The Hall–Kier alpha value is -1.02. The number of unbranched alkanes of at least 4 members (excludes halogenated alkanes) is 1. The molecule has 0 aromatic rings. The Morgan fingerprint density at radius 1 is 1.24 bits per heavy atom. The summed E-state index contributed by atoms with van der Waals surface area (Å²) in [6.45, 7) is 2.16. The molecule has 0 rings (SSSR count). The maximum Gasteiger partial charge on any atom is 0.348 e. The van der Waals surface area contributed by atoms with Gasteiger partial charge in [-0.1, -0.05) is 39.5 Å². The Balaban J connectivity index is 4.75. The molecule has 7 heteroatoms. The van der Waals surface area contributed by atoms with Gasteiger partial charge in [-0.15, -0.1) is 0 Å². The first-order chi connectivity index (χ1) is 9.84. The number of aliphatic hydroxyl groups excluding tert-OH is 3. The molecule has 21 heavy (non-hydrogen) atoms. The number of carbonyl (C=O) groups excluding carboxylic acids is 2. The summed E-state index contributed by atoms with van der Waals surface area (Å²) in [6.07, 6.45) is 1.52. The van der Waals surface area contributed by atoms with Crippen molar-refractivity contribution in [1.29, 1.82) is 0 Å². The van der Waals surface area contributed by atoms with Gasteiger partial charge < -0.3 is 25.2 Å². The molecule has 0 radical (unpaired) electrons. The van der Waals surface area contributed by atoms with Crippen molar-refractivity contribution >= 4 is 11.9 Å². The highest BCUT2D eigenvalue weighted by Gasteiger charge is 2.40. The quantitative estimate of drug-likeness (QED) is 0.324. The van der Waals surface area contributed by atoms with Crippen molar-refractivity contribution in [1.82, 2.24) is 0 Å². The van der Waals surface area contributed by atoms with E-state index in [0.717, 1.165) is 19.3 Å². The second kappa shape index (κ2) is 9.83. The summed E-state index contributed by atoms with van der Waals surface area (Å²) in [5.74, 6) is -2.65. The second-order valence-corrected chi connectivity index (χ2v) is 5.22. The first-order valence-electron chi connectivity index (χ1n) is 7.22. The molecule has 3 unspecified atom stereocenters. The zero-order valence-electron chi connectivity index (χ0n) is 12.6. The maximum atomic E-state index is 11.8. The number of rotatable bonds is 10. The van der Waals surface area contributed by atoms with Crippen LogP contribution in [-0.2, 0) is 14.3 Å². The summed E-state index contributed by atoms with van der Waals surface area (Å²) in [5, 5.41) is 37.1. The van der Waals surface area contributed by atoms with Gasteiger partial charge in [0.25, 0.3) is 0 Å². The van der Waals surface area contributed by atoms with E-state index in [9.17, 15) is 19.8 Å². The van der Waals surface area contributed by atoms with Crippen LogP contribution in [0, 0.1) is 5.92 Å². The molecule has 0 spiro atoms. The van der Waals surface area contributed by atoms with Gasteiger partial charge in [0, 0.05) is 0 Å². The lowest BCUT2D eigenvalue weighted by molar-refractivity contribution is -0.184. The molecule has 0 fully saturated rings. The molecule has 4 N–H and O–H groups in total. The van der Waals surface area contributed by atoms with E-state index in [0.29, 0.717) is 6.42 Å². The summed E-state index contributed by atoms with van der Waals surface area (Å²) in [7, 11) is 0. The molecule has 124 valence electrons. The van der Waals surface area contributed by atoms with E-state index < -0.39 is 36.9 Å². The fourth-order valence-electron chi connectivity index (χ4n) is 1.96. The minimum Gasteiger partial charge on any atom is -0.393 e. The van der Waals surface area contributed by atoms with Crippen LogP contribution in [0.15, 0.2) is 0 Å². The molecule has 0 aliphatic carbocycles. The van der Waals surface area contributed by atoms with Crippen LogP contribution in [0.4, 0.5) is 0 Å². The van der Waals surface area contributed by atoms with Gasteiger partial charge in [0.2, 0.25) is 0 Å². The van der Waals surface area contributed by atoms with E-state index >= 15 is 0 Å². The van der Waals surface area contributed by atoms with Crippen LogP contribution in [0.1, 0.15) is 46.0 Å². The van der Waals surface area contributed by atoms with Crippen molar-refractivity contribution < 1.29 is 34.8 Å². The predicted octanol–water partition coefficient (Wildman–Crippen LogP) is -0.261. The van der Waals surface area contributed by atoms with E-state index in [1.807, 2.05) is 13.8 Å². The van der Waals surface area contributed by atoms with Gasteiger partial charge in [-0.2, -0.15) is 0 Å². The van der Waals surface area contributed by atoms with Crippen molar-refractivity contribution in [3.8, 4) is 0 Å². The number of esters is 2. The number of hydrogen-bond acceptors (Lipinski definition) is 7. The minimum atomic E-state index is -2.18. The fourth-order valence-corrected chi connectivity index (χ4v) is 1.96. The lowest BCUT2D eigenvalue weighted by Gasteiger charge is -2.27. The topological polar surface area (TPSA) is 124 Å². The summed E-state index contributed by atoms with van der Waals surface area (Å²) in [6, 6.07) is 0. The molecule has 0 aliphatic heterocycles. The lowest BCUT2D eigenvalue weighted by Crippen LogP contribution is -2.47. The molecule has 0 aliphatic rings. The van der Waals surface area contributed by atoms with Crippen LogP contribution in [0.3, 0.4) is 0 Å². The summed E-state index contributed by atoms with van der Waals surface area (Å²) in [4.78, 5) is 23.0. The third kappa shape index (κ3) is 6.52. The average molecular weight is 306 g/mol. The molecule has 0 amide bonds. The van der Waals surface area contributed by atoms with E-state index in [1.54, 1.807) is 0 Å². The first-order valence-corrected chi connectivity index (χ1v) is 7.22. The van der Waals surface area contributed by atoms with Gasteiger partial charge in [-0.25, -0.2) is 9.59 Å². The van der Waals surface area contributed by atoms with Gasteiger partial charge in [-0.05, 0) is 12.3 Å². The van der Waals surface area contributed by atoms with Crippen molar-refractivity contribution in [3.05, 3.63) is 0 Å². The summed E-state index contributed by atoms with van der Waals surface area (Å²) >= 11 is 0. The first kappa shape index (κ1) is 20.0. The lowest BCUT2D eigenvalue weighted by atomic mass is 9.86. The molecule has 0 saturated heterocycles. The average Bonchev–Trinajstić information content (AvgIpc) is 2.49. The van der Waals surface area contributed by atoms with E-state index in [-0.39, 0.29) is 12.3 Å². The molecule has 7 nitrogen and oxygen atoms in total. The van der Waals surface area contributed by atoms with E-state index in [4.69, 9.17) is 10.2 Å². The Morgan fingerprint density at radius 2 is 1.86 bits per heavy atom. The number of ether oxygens (including phenoxy) is 1. The van der Waals surface area contributed by atoms with Crippen molar-refractivity contribution in [2.24, 2.45) is 5.92 Å². The number of carbonyl (C=O) groups is 2. The summed E-state index contributed by atoms with van der Waals surface area (Å²) in [5.41, 5.74) is -2.18. The van der Waals surface area contributed by atoms with Crippen LogP contribution in [0.25, 0.3) is 0 Å². The minimum absolute atomic E-state index is 0.00696. The molecule has 0 heterocycles. The zero-order chi connectivity index (χ0) is 16.5. The molecular weight excluding hydrogens is 280 g/mol. The van der Waals surface area contributed by atoms with Crippen molar-refractivity contribution in [3.63, 3.8) is 0 Å². The Bertz CT molecular complexity index is 331. The van der Waals surface area contributed by atoms with Crippen molar-refractivity contribution in [2.45, 2.75) is 57.7 Å². The Labute approximate surface area is 124 Å². The fraction of sp³-hybridized carbons (Fsp3) is 0.857. The molecule has 0 aromatic carbocycles. The SMILES string of the molecule is CCCCC(CC)CC(O)(CO)C(=O)OC(=O)C(O)CO. The number of aliphatic hydroxyl groups is 4. The Morgan fingerprint density at radius 3 is 2.29 bits per heavy atom. The largest absolute Gasteiger partial charge is 0.393 e. The normalized spacial score (nSPS) is 16.9. The third-order valence-corrected chi connectivity index (χ3v) is 3.45. The van der Waals surface area contributed by atoms with Gasteiger partial charge in [0.1, 0.15) is 0 Å². The second-order valence-electron chi connectivity index (χ2n) is 5.22. The Kier molecular flexibility index (Phi) is 9.36. The van der Waals surface area contributed by atoms with Crippen LogP contribution in [0.2, 0.25) is 0 Å². The highest BCUT2D eigenvalue weighted by molar-refractivity contribution is 5.92. The highest BCUT2D eigenvalue weighted by atomic mass is 16.6. The molecule has 0 saturated carbocycles. The van der Waals surface area contributed by atoms with Gasteiger partial charge >= 0.3 is 11.9 Å². The molecule has 0 bridgehead atoms. The predicted molar refractivity (Wildman–Crippen MR) is 74.2 cm³/mol. The third-order valence-electron chi connectivity index (χ3n) is 3.45. The maximum absolute atomic E-state index is 11.8. The van der Waals surface area contributed by atoms with E-state index in [1.165, 1.54) is 0 Å². The van der Waals surface area contributed by atoms with Gasteiger partial charge in [-0.3, -0.25) is 0 Å². The monoisotopic (exact) mass is 306 g/mol. The van der Waals surface area contributed by atoms with Crippen LogP contribution >= 0.6 is 0 Å². The summed E-state index contributed by atoms with van der Waals surface area (Å²) < 4.78 is 4.31. The zero-order valence-corrected chi connectivity index (χ0v) is 12.6. The standard InChI is InChI=1S/C14H26O7/c1-3-5-6-10(4-2)7-14(20,9-16)13(19)21-12(18)11(17)8-15/h10-11,15-17,20H,3-9H2,1-2H3. The van der Waals surface area contributed by atoms with Gasteiger partial charge in [0.05, 0.1) is 13.2 Å². The number of hydrogen-bond donors (Lipinski definition) is 4. The van der Waals surface area contributed by atoms with Gasteiger partial charge in [0.15, 0.2) is 11.7 Å². The van der Waals surface area contributed by atoms with E-state index in [2.05, 4.69) is 4.74 Å². The van der Waals surface area contributed by atoms with Crippen LogP contribution < -0.4 is 0 Å². The van der Waals surface area contributed by atoms with Crippen molar-refractivity contribution in [2.75, 3.05) is 13.2 Å². The smallest absolute Gasteiger partial charge is 0.348 e. The van der Waals surface area contributed by atoms with Crippen LogP contribution in [-0.4, -0.2) is 57.3 Å². The molecule has 0 aromatic heterocycles. The molecular formula is C14H26O7. The molecule has 3 atom stereocenters. The highest BCUT2D eigenvalue weighted by Crippen LogP contribution is 2.25.